The molecule has 1 atom stereocenters. The van der Waals surface area contributed by atoms with Gasteiger partial charge in [-0.05, 0) is 42.7 Å². The summed E-state index contributed by atoms with van der Waals surface area (Å²) in [6, 6.07) is 11.1. The van der Waals surface area contributed by atoms with Gasteiger partial charge in [-0.1, -0.05) is 29.5 Å². The average Bonchev–Trinajstić information content (AvgIpc) is 3.24. The number of hydrogen-bond acceptors (Lipinski definition) is 6. The van der Waals surface area contributed by atoms with E-state index in [1.807, 2.05) is 0 Å². The van der Waals surface area contributed by atoms with Crippen LogP contribution in [0.25, 0.3) is 11.2 Å². The van der Waals surface area contributed by atoms with Crippen LogP contribution in [0.1, 0.15) is 30.1 Å². The zero-order valence-electron chi connectivity index (χ0n) is 17.9. The highest BCUT2D eigenvalue weighted by Crippen LogP contribution is 2.29. The second-order valence-electron chi connectivity index (χ2n) is 8.13. The van der Waals surface area contributed by atoms with Crippen molar-refractivity contribution in [3.8, 4) is 0 Å². The summed E-state index contributed by atoms with van der Waals surface area (Å²) in [5.74, 6) is -1.26. The lowest BCUT2D eigenvalue weighted by atomic mass is 9.99. The van der Waals surface area contributed by atoms with Crippen molar-refractivity contribution in [3.05, 3.63) is 81.9 Å². The SMILES string of the molecule is O=c1[nH]c([C@@H]2CCCN(S(=O)(=O)c3ccccc3F)C2)nc2c1nnn2Cc1ccc(F)cc1. The number of H-pyrrole nitrogens is 1. The smallest absolute Gasteiger partial charge is 0.281 e. The predicted octanol–water partition coefficient (Wildman–Crippen LogP) is 2.41. The van der Waals surface area contributed by atoms with E-state index in [0.717, 1.165) is 11.6 Å². The van der Waals surface area contributed by atoms with E-state index in [9.17, 15) is 22.0 Å². The van der Waals surface area contributed by atoms with Crippen LogP contribution in [0.3, 0.4) is 0 Å². The monoisotopic (exact) mass is 486 g/mol. The largest absolute Gasteiger partial charge is 0.308 e. The Balaban J connectivity index is 1.46. The van der Waals surface area contributed by atoms with Crippen molar-refractivity contribution in [1.82, 2.24) is 29.3 Å². The Morgan fingerprint density at radius 3 is 2.62 bits per heavy atom. The number of aromatic nitrogens is 5. The number of halogens is 2. The maximum absolute atomic E-state index is 14.2. The molecule has 176 valence electrons. The molecule has 0 radical (unpaired) electrons. The standard InChI is InChI=1S/C22H20F2N6O3S/c23-16-9-7-14(8-10-16)12-30-21-19(27-28-30)22(31)26-20(25-21)15-4-3-11-29(13-15)34(32,33)18-6-2-1-5-17(18)24/h1-2,5-10,15H,3-4,11-13H2,(H,25,26,31)/t15-/m1/s1. The van der Waals surface area contributed by atoms with Crippen molar-refractivity contribution in [3.63, 3.8) is 0 Å². The molecule has 0 saturated carbocycles. The van der Waals surface area contributed by atoms with Gasteiger partial charge in [0.2, 0.25) is 10.0 Å². The van der Waals surface area contributed by atoms with E-state index in [0.29, 0.717) is 18.7 Å². The molecule has 1 N–H and O–H groups in total. The van der Waals surface area contributed by atoms with Gasteiger partial charge in [0.1, 0.15) is 22.4 Å². The van der Waals surface area contributed by atoms with Crippen molar-refractivity contribution in [2.45, 2.75) is 30.2 Å². The van der Waals surface area contributed by atoms with E-state index in [1.54, 1.807) is 12.1 Å². The third-order valence-electron chi connectivity index (χ3n) is 5.86. The zero-order chi connectivity index (χ0) is 23.9. The number of aromatic amines is 1. The minimum atomic E-state index is -4.05. The van der Waals surface area contributed by atoms with Gasteiger partial charge in [-0.3, -0.25) is 4.79 Å². The minimum Gasteiger partial charge on any atom is -0.308 e. The second kappa shape index (κ2) is 8.69. The highest BCUT2D eigenvalue weighted by Gasteiger charge is 2.33. The topological polar surface area (TPSA) is 114 Å². The number of fused-ring (bicyclic) bond motifs is 1. The van der Waals surface area contributed by atoms with E-state index in [2.05, 4.69) is 20.3 Å². The van der Waals surface area contributed by atoms with Gasteiger partial charge in [0, 0.05) is 19.0 Å². The van der Waals surface area contributed by atoms with Crippen LogP contribution in [-0.2, 0) is 16.6 Å². The molecular formula is C22H20F2N6O3S. The average molecular weight is 487 g/mol. The van der Waals surface area contributed by atoms with Gasteiger partial charge in [0.05, 0.1) is 6.54 Å². The van der Waals surface area contributed by atoms with Crippen molar-refractivity contribution in [2.75, 3.05) is 13.1 Å². The van der Waals surface area contributed by atoms with Crippen molar-refractivity contribution in [1.29, 1.82) is 0 Å². The van der Waals surface area contributed by atoms with Gasteiger partial charge in [0.15, 0.2) is 11.2 Å². The second-order valence-corrected chi connectivity index (χ2v) is 10.0. The molecule has 2 aromatic carbocycles. The summed E-state index contributed by atoms with van der Waals surface area (Å²) >= 11 is 0. The lowest BCUT2D eigenvalue weighted by molar-refractivity contribution is 0.308. The summed E-state index contributed by atoms with van der Waals surface area (Å²) in [6.45, 7) is 0.513. The normalized spacial score (nSPS) is 17.3. The molecule has 4 aromatic rings. The van der Waals surface area contributed by atoms with Crippen LogP contribution >= 0.6 is 0 Å². The number of nitrogens with one attached hydrogen (secondary N) is 1. The molecule has 12 heteroatoms. The van der Waals surface area contributed by atoms with Gasteiger partial charge >= 0.3 is 0 Å². The van der Waals surface area contributed by atoms with Crippen LogP contribution in [0.4, 0.5) is 8.78 Å². The van der Waals surface area contributed by atoms with Gasteiger partial charge < -0.3 is 4.98 Å². The first-order valence-electron chi connectivity index (χ1n) is 10.7. The summed E-state index contributed by atoms with van der Waals surface area (Å²) in [5, 5.41) is 7.91. The van der Waals surface area contributed by atoms with Crippen LogP contribution in [0, 0.1) is 11.6 Å². The van der Waals surface area contributed by atoms with Crippen molar-refractivity contribution >= 4 is 21.2 Å². The Bertz CT molecular complexity index is 1520. The fraction of sp³-hybridized carbons (Fsp3) is 0.273. The molecule has 0 spiro atoms. The maximum Gasteiger partial charge on any atom is 0.281 e. The maximum atomic E-state index is 14.2. The van der Waals surface area contributed by atoms with Crippen LogP contribution in [-0.4, -0.2) is 50.8 Å². The van der Waals surface area contributed by atoms with E-state index in [1.165, 1.54) is 39.3 Å². The van der Waals surface area contributed by atoms with Crippen molar-refractivity contribution < 1.29 is 17.2 Å². The summed E-state index contributed by atoms with van der Waals surface area (Å²) in [6.07, 6.45) is 1.12. The van der Waals surface area contributed by atoms with Crippen LogP contribution in [0.5, 0.6) is 0 Å². The number of rotatable bonds is 5. The Morgan fingerprint density at radius 2 is 1.85 bits per heavy atom. The van der Waals surface area contributed by atoms with Gasteiger partial charge in [-0.25, -0.2) is 26.9 Å². The van der Waals surface area contributed by atoms with Crippen LogP contribution in [0.15, 0.2) is 58.2 Å². The van der Waals surface area contributed by atoms with Gasteiger partial charge in [-0.15, -0.1) is 5.10 Å². The molecule has 0 unspecified atom stereocenters. The molecule has 1 aliphatic heterocycles. The molecule has 2 aromatic heterocycles. The lowest BCUT2D eigenvalue weighted by Crippen LogP contribution is -2.40. The molecule has 0 aliphatic carbocycles. The summed E-state index contributed by atoms with van der Waals surface area (Å²) < 4.78 is 56.2. The summed E-state index contributed by atoms with van der Waals surface area (Å²) in [5.41, 5.74) is 0.561. The van der Waals surface area contributed by atoms with E-state index < -0.39 is 27.3 Å². The lowest BCUT2D eigenvalue weighted by Gasteiger charge is -2.31. The highest BCUT2D eigenvalue weighted by molar-refractivity contribution is 7.89. The molecule has 34 heavy (non-hydrogen) atoms. The van der Waals surface area contributed by atoms with E-state index >= 15 is 0 Å². The summed E-state index contributed by atoms with van der Waals surface area (Å²) in [7, 11) is -4.05. The van der Waals surface area contributed by atoms with E-state index in [-0.39, 0.29) is 41.5 Å². The molecule has 3 heterocycles. The van der Waals surface area contributed by atoms with Gasteiger partial charge in [-0.2, -0.15) is 4.31 Å². The number of nitrogens with zero attached hydrogens (tertiary/aromatic N) is 5. The molecule has 0 bridgehead atoms. The highest BCUT2D eigenvalue weighted by atomic mass is 32.2. The molecule has 1 fully saturated rings. The molecule has 1 saturated heterocycles. The molecule has 1 aliphatic rings. The Labute approximate surface area is 193 Å². The minimum absolute atomic E-state index is 0.0463. The number of sulfonamides is 1. The molecule has 9 nitrogen and oxygen atoms in total. The van der Waals surface area contributed by atoms with Crippen LogP contribution < -0.4 is 5.56 Å². The summed E-state index contributed by atoms with van der Waals surface area (Å²) in [4.78, 5) is 19.5. The Morgan fingerprint density at radius 1 is 1.09 bits per heavy atom. The third-order valence-corrected chi connectivity index (χ3v) is 7.76. The number of benzene rings is 2. The number of hydrogen-bond donors (Lipinski definition) is 1. The zero-order valence-corrected chi connectivity index (χ0v) is 18.7. The first-order valence-corrected chi connectivity index (χ1v) is 12.1. The molecular weight excluding hydrogens is 466 g/mol. The van der Waals surface area contributed by atoms with E-state index in [4.69, 9.17) is 0 Å². The van der Waals surface area contributed by atoms with Crippen LogP contribution in [0.2, 0.25) is 0 Å². The van der Waals surface area contributed by atoms with Gasteiger partial charge in [0.25, 0.3) is 5.56 Å². The first kappa shape index (κ1) is 22.3. The predicted molar refractivity (Wildman–Crippen MR) is 119 cm³/mol. The van der Waals surface area contributed by atoms with Crippen molar-refractivity contribution in [2.24, 2.45) is 0 Å². The fourth-order valence-electron chi connectivity index (χ4n) is 4.12. The molecule has 5 rings (SSSR count). The third kappa shape index (κ3) is 4.10. The molecule has 0 amide bonds. The number of piperidine rings is 1. The quantitative estimate of drug-likeness (QED) is 0.464. The first-order chi connectivity index (χ1) is 16.3. The Kier molecular flexibility index (Phi) is 5.70. The fourth-order valence-corrected chi connectivity index (χ4v) is 5.71. The Hall–Kier alpha value is -3.51.